The minimum Gasteiger partial charge on any atom is -0.397 e. The van der Waals surface area contributed by atoms with E-state index in [2.05, 4.69) is 21.2 Å². The molecule has 0 bridgehead atoms. The molecule has 0 spiro atoms. The quantitative estimate of drug-likeness (QED) is 0.869. The van der Waals surface area contributed by atoms with Gasteiger partial charge in [0.25, 0.3) is 5.91 Å². The smallest absolute Gasteiger partial charge is 0.263 e. The van der Waals surface area contributed by atoms with E-state index in [4.69, 9.17) is 15.2 Å². The molecule has 1 aliphatic heterocycles. The van der Waals surface area contributed by atoms with Gasteiger partial charge in [-0.15, -0.1) is 11.3 Å². The number of anilines is 1. The van der Waals surface area contributed by atoms with E-state index in [1.54, 1.807) is 0 Å². The summed E-state index contributed by atoms with van der Waals surface area (Å²) in [5, 5.41) is 3.75. The lowest BCUT2D eigenvalue weighted by atomic mass is 10.2. The van der Waals surface area contributed by atoms with Gasteiger partial charge in [0.2, 0.25) is 0 Å². The van der Waals surface area contributed by atoms with Gasteiger partial charge in [0.05, 0.1) is 31.6 Å². The van der Waals surface area contributed by atoms with E-state index >= 15 is 0 Å². The molecule has 2 heterocycles. The molecule has 1 aromatic carbocycles. The van der Waals surface area contributed by atoms with Crippen LogP contribution < -0.4 is 11.1 Å². The summed E-state index contributed by atoms with van der Waals surface area (Å²) < 4.78 is 12.7. The Bertz CT molecular complexity index is 668. The van der Waals surface area contributed by atoms with Crippen molar-refractivity contribution in [1.82, 2.24) is 5.32 Å². The molecule has 2 aromatic rings. The fourth-order valence-corrected chi connectivity index (χ4v) is 4.02. The predicted octanol–water partition coefficient (Wildman–Crippen LogP) is 2.39. The van der Waals surface area contributed by atoms with Crippen molar-refractivity contribution in [3.05, 3.63) is 27.5 Å². The van der Waals surface area contributed by atoms with Gasteiger partial charge in [-0.25, -0.2) is 0 Å². The molecule has 1 saturated heterocycles. The van der Waals surface area contributed by atoms with Gasteiger partial charge in [-0.2, -0.15) is 0 Å². The van der Waals surface area contributed by atoms with E-state index in [-0.39, 0.29) is 12.0 Å². The van der Waals surface area contributed by atoms with Gasteiger partial charge in [-0.05, 0) is 12.1 Å². The fraction of sp³-hybridized carbons (Fsp3) is 0.357. The Balaban J connectivity index is 1.75. The van der Waals surface area contributed by atoms with Crippen LogP contribution >= 0.6 is 27.3 Å². The van der Waals surface area contributed by atoms with Crippen molar-refractivity contribution in [3.63, 3.8) is 0 Å². The molecule has 112 valence electrons. The highest BCUT2D eigenvalue weighted by Crippen LogP contribution is 2.38. The number of halogens is 1. The molecule has 0 aliphatic carbocycles. The first-order chi connectivity index (χ1) is 10.2. The predicted molar refractivity (Wildman–Crippen MR) is 86.8 cm³/mol. The average molecular weight is 371 g/mol. The number of nitrogens with two attached hydrogens (primary N) is 1. The molecule has 1 amide bonds. The maximum Gasteiger partial charge on any atom is 0.263 e. The third kappa shape index (κ3) is 3.06. The highest BCUT2D eigenvalue weighted by atomic mass is 79.9. The molecular weight excluding hydrogens is 356 g/mol. The van der Waals surface area contributed by atoms with Crippen LogP contribution in [0.1, 0.15) is 9.67 Å². The van der Waals surface area contributed by atoms with Crippen LogP contribution in [0, 0.1) is 0 Å². The van der Waals surface area contributed by atoms with Crippen LogP contribution in [-0.4, -0.2) is 38.4 Å². The van der Waals surface area contributed by atoms with Crippen molar-refractivity contribution in [1.29, 1.82) is 0 Å². The zero-order chi connectivity index (χ0) is 14.8. The number of carbonyl (C=O) groups excluding carboxylic acids is 1. The lowest BCUT2D eigenvalue weighted by Gasteiger charge is -2.22. The molecule has 1 aliphatic rings. The number of nitrogen functional groups attached to an aromatic ring is 1. The third-order valence-electron chi connectivity index (χ3n) is 3.28. The van der Waals surface area contributed by atoms with Crippen molar-refractivity contribution < 1.29 is 14.3 Å². The molecule has 1 atom stereocenters. The molecular formula is C14H15BrN2O3S. The first-order valence-corrected chi connectivity index (χ1v) is 8.22. The number of hydrogen-bond acceptors (Lipinski definition) is 5. The van der Waals surface area contributed by atoms with E-state index in [0.29, 0.717) is 36.9 Å². The normalized spacial score (nSPS) is 18.8. The second kappa shape index (κ2) is 6.31. The molecule has 3 rings (SSSR count). The third-order valence-corrected chi connectivity index (χ3v) is 5.11. The number of nitrogens with one attached hydrogen (secondary N) is 1. The van der Waals surface area contributed by atoms with Crippen LogP contribution in [0.3, 0.4) is 0 Å². The van der Waals surface area contributed by atoms with E-state index in [1.165, 1.54) is 11.3 Å². The minimum absolute atomic E-state index is 0.0926. The van der Waals surface area contributed by atoms with Crippen molar-refractivity contribution in [2.24, 2.45) is 0 Å². The van der Waals surface area contributed by atoms with Gasteiger partial charge < -0.3 is 20.5 Å². The Morgan fingerprint density at radius 2 is 2.33 bits per heavy atom. The minimum atomic E-state index is -0.172. The largest absolute Gasteiger partial charge is 0.397 e. The highest BCUT2D eigenvalue weighted by Gasteiger charge is 2.20. The molecule has 0 saturated carbocycles. The van der Waals surface area contributed by atoms with Crippen LogP contribution in [-0.2, 0) is 9.47 Å². The maximum atomic E-state index is 12.3. The van der Waals surface area contributed by atoms with Crippen LogP contribution in [0.4, 0.5) is 5.69 Å². The number of benzene rings is 1. The monoisotopic (exact) mass is 370 g/mol. The lowest BCUT2D eigenvalue weighted by molar-refractivity contribution is -0.0855. The van der Waals surface area contributed by atoms with Crippen LogP contribution in [0.25, 0.3) is 10.1 Å². The van der Waals surface area contributed by atoms with Crippen molar-refractivity contribution in [2.75, 3.05) is 32.1 Å². The lowest BCUT2D eigenvalue weighted by Crippen LogP contribution is -2.39. The number of carbonyl (C=O) groups is 1. The second-order valence-electron chi connectivity index (χ2n) is 4.74. The van der Waals surface area contributed by atoms with Crippen LogP contribution in [0.15, 0.2) is 22.7 Å². The molecule has 21 heavy (non-hydrogen) atoms. The fourth-order valence-electron chi connectivity index (χ4n) is 2.24. The molecule has 7 heteroatoms. The summed E-state index contributed by atoms with van der Waals surface area (Å²) in [5.74, 6) is -0.172. The summed E-state index contributed by atoms with van der Waals surface area (Å²) in [6.45, 7) is 2.11. The number of fused-ring (bicyclic) bond motifs is 1. The molecule has 1 aromatic heterocycles. The average Bonchev–Trinajstić information content (AvgIpc) is 2.84. The number of hydrogen-bond donors (Lipinski definition) is 2. The Morgan fingerprint density at radius 1 is 1.48 bits per heavy atom. The standard InChI is InChI=1S/C14H15BrN2O3S/c15-9-2-1-3-10-11(9)12(16)13(21-10)14(18)17-6-8-7-19-4-5-20-8/h1-3,8H,4-7,16H2,(H,17,18). The SMILES string of the molecule is Nc1c(C(=O)NCC2COCCO2)sc2cccc(Br)c12. The van der Waals surface area contributed by atoms with Gasteiger partial charge in [-0.1, -0.05) is 22.0 Å². The maximum absolute atomic E-state index is 12.3. The van der Waals surface area contributed by atoms with Crippen LogP contribution in [0.2, 0.25) is 0 Å². The van der Waals surface area contributed by atoms with E-state index in [1.807, 2.05) is 18.2 Å². The first kappa shape index (κ1) is 14.8. The van der Waals surface area contributed by atoms with Gasteiger partial charge in [0, 0.05) is 21.1 Å². The summed E-state index contributed by atoms with van der Waals surface area (Å²) in [6.07, 6.45) is -0.0926. The number of ether oxygens (including phenoxy) is 2. The number of thiophene rings is 1. The zero-order valence-electron chi connectivity index (χ0n) is 11.2. The molecule has 1 fully saturated rings. The van der Waals surface area contributed by atoms with Gasteiger partial charge in [0.15, 0.2) is 0 Å². The van der Waals surface area contributed by atoms with Gasteiger partial charge >= 0.3 is 0 Å². The molecule has 5 nitrogen and oxygen atoms in total. The summed E-state index contributed by atoms with van der Waals surface area (Å²) in [7, 11) is 0. The number of amides is 1. The molecule has 1 unspecified atom stereocenters. The van der Waals surface area contributed by atoms with Gasteiger partial charge in [0.1, 0.15) is 4.88 Å². The Morgan fingerprint density at radius 3 is 3.05 bits per heavy atom. The first-order valence-electron chi connectivity index (χ1n) is 6.61. The Hall–Kier alpha value is -1.15. The second-order valence-corrected chi connectivity index (χ2v) is 6.64. The van der Waals surface area contributed by atoms with E-state index in [0.717, 1.165) is 14.6 Å². The van der Waals surface area contributed by atoms with E-state index < -0.39 is 0 Å². The van der Waals surface area contributed by atoms with Crippen molar-refractivity contribution in [2.45, 2.75) is 6.10 Å². The highest BCUT2D eigenvalue weighted by molar-refractivity contribution is 9.10. The molecule has 0 radical (unpaired) electrons. The summed E-state index contributed by atoms with van der Waals surface area (Å²) in [4.78, 5) is 12.8. The summed E-state index contributed by atoms with van der Waals surface area (Å²) in [6, 6.07) is 5.80. The topological polar surface area (TPSA) is 73.6 Å². The van der Waals surface area contributed by atoms with Crippen molar-refractivity contribution in [3.8, 4) is 0 Å². The molecule has 3 N–H and O–H groups in total. The summed E-state index contributed by atoms with van der Waals surface area (Å²) >= 11 is 4.86. The van der Waals surface area contributed by atoms with Crippen LogP contribution in [0.5, 0.6) is 0 Å². The number of rotatable bonds is 3. The van der Waals surface area contributed by atoms with E-state index in [9.17, 15) is 4.79 Å². The van der Waals surface area contributed by atoms with Crippen molar-refractivity contribution >= 4 is 48.9 Å². The van der Waals surface area contributed by atoms with Gasteiger partial charge in [-0.3, -0.25) is 4.79 Å². The Labute approximate surface area is 134 Å². The summed E-state index contributed by atoms with van der Waals surface area (Å²) in [5.41, 5.74) is 6.63. The zero-order valence-corrected chi connectivity index (χ0v) is 13.6. The Kier molecular flexibility index (Phi) is 4.44.